The van der Waals surface area contributed by atoms with Gasteiger partial charge in [-0.2, -0.15) is 0 Å². The van der Waals surface area contributed by atoms with Crippen molar-refractivity contribution in [3.63, 3.8) is 0 Å². The Balaban J connectivity index is 0.000000845. The van der Waals surface area contributed by atoms with Gasteiger partial charge in [0.15, 0.2) is 0 Å². The molecule has 0 atom stereocenters. The number of benzene rings is 1. The van der Waals surface area contributed by atoms with Gasteiger partial charge < -0.3 is 4.90 Å². The second-order valence-electron chi connectivity index (χ2n) is 3.38. The van der Waals surface area contributed by atoms with Crippen LogP contribution in [0.15, 0.2) is 30.3 Å². The van der Waals surface area contributed by atoms with Gasteiger partial charge in [-0.1, -0.05) is 18.2 Å². The first-order valence-electron chi connectivity index (χ1n) is 4.77. The molecule has 0 N–H and O–H groups in total. The Kier molecular flexibility index (Phi) is 6.77. The van der Waals surface area contributed by atoms with Crippen molar-refractivity contribution in [1.29, 1.82) is 0 Å². The van der Waals surface area contributed by atoms with Crippen LogP contribution in [0, 0.1) is 0 Å². The van der Waals surface area contributed by atoms with Gasteiger partial charge in [0.2, 0.25) is 0 Å². The molecule has 0 bridgehead atoms. The van der Waals surface area contributed by atoms with Gasteiger partial charge in [0, 0.05) is 18.8 Å². The number of hydrogen-bond acceptors (Lipinski definition) is 1. The van der Waals surface area contributed by atoms with Crippen LogP contribution in [0.1, 0.15) is 19.3 Å². The first-order valence-corrected chi connectivity index (χ1v) is 4.77. The molecule has 0 radical (unpaired) electrons. The molecule has 1 heterocycles. The van der Waals surface area contributed by atoms with E-state index in [1.54, 1.807) is 0 Å². The molecule has 0 unspecified atom stereocenters. The van der Waals surface area contributed by atoms with Gasteiger partial charge in [-0.15, -0.1) is 24.8 Å². The van der Waals surface area contributed by atoms with Crippen LogP contribution < -0.4 is 4.90 Å². The highest BCUT2D eigenvalue weighted by Gasteiger charge is 2.09. The fourth-order valence-corrected chi connectivity index (χ4v) is 1.79. The smallest absolute Gasteiger partial charge is 0.0366 e. The highest BCUT2D eigenvalue weighted by Crippen LogP contribution is 2.18. The SMILES string of the molecule is Cl.Cl.c1ccc(N2CCCCC2)cc1. The van der Waals surface area contributed by atoms with Gasteiger partial charge in [0.25, 0.3) is 0 Å². The van der Waals surface area contributed by atoms with Crippen molar-refractivity contribution in [2.75, 3.05) is 18.0 Å². The third-order valence-corrected chi connectivity index (χ3v) is 2.48. The number of para-hydroxylation sites is 1. The van der Waals surface area contributed by atoms with Crippen LogP contribution in [-0.4, -0.2) is 13.1 Å². The lowest BCUT2D eigenvalue weighted by atomic mass is 10.1. The molecular weight excluding hydrogens is 217 g/mol. The van der Waals surface area contributed by atoms with E-state index in [1.807, 2.05) is 0 Å². The molecule has 0 amide bonds. The maximum atomic E-state index is 2.48. The second kappa shape index (κ2) is 6.97. The molecule has 0 spiro atoms. The fourth-order valence-electron chi connectivity index (χ4n) is 1.79. The Morgan fingerprint density at radius 1 is 0.786 bits per heavy atom. The van der Waals surface area contributed by atoms with Crippen molar-refractivity contribution in [2.24, 2.45) is 0 Å². The first-order chi connectivity index (χ1) is 5.97. The molecule has 14 heavy (non-hydrogen) atoms. The van der Waals surface area contributed by atoms with Crippen LogP contribution in [0.25, 0.3) is 0 Å². The molecule has 80 valence electrons. The van der Waals surface area contributed by atoms with Crippen molar-refractivity contribution in [1.82, 2.24) is 0 Å². The average molecular weight is 234 g/mol. The Morgan fingerprint density at radius 2 is 1.36 bits per heavy atom. The summed E-state index contributed by atoms with van der Waals surface area (Å²) in [6.07, 6.45) is 4.12. The lowest BCUT2D eigenvalue weighted by Gasteiger charge is -2.28. The van der Waals surface area contributed by atoms with Crippen LogP contribution in [-0.2, 0) is 0 Å². The third-order valence-electron chi connectivity index (χ3n) is 2.48. The summed E-state index contributed by atoms with van der Waals surface area (Å²) in [5.41, 5.74) is 1.39. The molecule has 3 heteroatoms. The Hall–Kier alpha value is -0.400. The van der Waals surface area contributed by atoms with Crippen molar-refractivity contribution in [3.05, 3.63) is 30.3 Å². The molecule has 1 aromatic carbocycles. The molecule has 0 aromatic heterocycles. The average Bonchev–Trinajstić information content (AvgIpc) is 2.21. The highest BCUT2D eigenvalue weighted by atomic mass is 35.5. The predicted octanol–water partition coefficient (Wildman–Crippen LogP) is 3.52. The zero-order valence-electron chi connectivity index (χ0n) is 8.19. The van der Waals surface area contributed by atoms with Crippen LogP contribution in [0.5, 0.6) is 0 Å². The molecular formula is C11H17Cl2N. The fraction of sp³-hybridized carbons (Fsp3) is 0.455. The van der Waals surface area contributed by atoms with Gasteiger partial charge in [-0.3, -0.25) is 0 Å². The monoisotopic (exact) mass is 233 g/mol. The lowest BCUT2D eigenvalue weighted by Crippen LogP contribution is -2.29. The van der Waals surface area contributed by atoms with E-state index in [2.05, 4.69) is 35.2 Å². The Labute approximate surface area is 98.3 Å². The summed E-state index contributed by atoms with van der Waals surface area (Å²) in [4.78, 5) is 2.48. The van der Waals surface area contributed by atoms with Gasteiger partial charge in [0.1, 0.15) is 0 Å². The maximum absolute atomic E-state index is 2.48. The minimum atomic E-state index is 0. The number of piperidine rings is 1. The summed E-state index contributed by atoms with van der Waals surface area (Å²) in [7, 11) is 0. The van der Waals surface area contributed by atoms with E-state index >= 15 is 0 Å². The van der Waals surface area contributed by atoms with E-state index in [0.717, 1.165) is 0 Å². The quantitative estimate of drug-likeness (QED) is 0.718. The van der Waals surface area contributed by atoms with Gasteiger partial charge in [-0.25, -0.2) is 0 Å². The largest absolute Gasteiger partial charge is 0.372 e. The standard InChI is InChI=1S/C11H15N.2ClH/c1-3-7-11(8-4-1)12-9-5-2-6-10-12;;/h1,3-4,7-8H,2,5-6,9-10H2;2*1H. The number of rotatable bonds is 1. The van der Waals surface area contributed by atoms with Crippen LogP contribution in [0.4, 0.5) is 5.69 Å². The predicted molar refractivity (Wildman–Crippen MR) is 67.0 cm³/mol. The summed E-state index contributed by atoms with van der Waals surface area (Å²) >= 11 is 0. The first kappa shape index (κ1) is 13.6. The normalized spacial score (nSPS) is 15.3. The van der Waals surface area contributed by atoms with E-state index in [4.69, 9.17) is 0 Å². The zero-order chi connectivity index (χ0) is 8.23. The molecule has 1 saturated heterocycles. The van der Waals surface area contributed by atoms with Crippen LogP contribution in [0.3, 0.4) is 0 Å². The van der Waals surface area contributed by atoms with Crippen molar-refractivity contribution in [3.8, 4) is 0 Å². The maximum Gasteiger partial charge on any atom is 0.0366 e. The molecule has 1 aromatic rings. The van der Waals surface area contributed by atoms with Crippen molar-refractivity contribution in [2.45, 2.75) is 19.3 Å². The van der Waals surface area contributed by atoms with E-state index in [-0.39, 0.29) is 24.8 Å². The summed E-state index contributed by atoms with van der Waals surface area (Å²) in [5.74, 6) is 0. The minimum Gasteiger partial charge on any atom is -0.372 e. The molecule has 1 nitrogen and oxygen atoms in total. The van der Waals surface area contributed by atoms with Gasteiger partial charge in [-0.05, 0) is 31.4 Å². The number of halogens is 2. The topological polar surface area (TPSA) is 3.24 Å². The highest BCUT2D eigenvalue weighted by molar-refractivity contribution is 5.85. The zero-order valence-corrected chi connectivity index (χ0v) is 9.82. The molecule has 1 fully saturated rings. The summed E-state index contributed by atoms with van der Waals surface area (Å²) in [5, 5.41) is 0. The second-order valence-corrected chi connectivity index (χ2v) is 3.38. The van der Waals surface area contributed by atoms with E-state index < -0.39 is 0 Å². The van der Waals surface area contributed by atoms with E-state index in [9.17, 15) is 0 Å². The molecule has 1 aliphatic rings. The van der Waals surface area contributed by atoms with Crippen molar-refractivity contribution >= 4 is 30.5 Å². The van der Waals surface area contributed by atoms with Crippen LogP contribution in [0.2, 0.25) is 0 Å². The molecule has 2 rings (SSSR count). The van der Waals surface area contributed by atoms with E-state index in [0.29, 0.717) is 0 Å². The summed E-state index contributed by atoms with van der Waals surface area (Å²) in [6.45, 7) is 2.48. The minimum absolute atomic E-state index is 0. The number of anilines is 1. The Morgan fingerprint density at radius 3 is 1.93 bits per heavy atom. The van der Waals surface area contributed by atoms with E-state index in [1.165, 1.54) is 38.0 Å². The molecule has 0 saturated carbocycles. The lowest BCUT2D eigenvalue weighted by molar-refractivity contribution is 0.578. The molecule has 1 aliphatic heterocycles. The molecule has 0 aliphatic carbocycles. The van der Waals surface area contributed by atoms with Crippen molar-refractivity contribution < 1.29 is 0 Å². The number of nitrogens with zero attached hydrogens (tertiary/aromatic N) is 1. The third kappa shape index (κ3) is 3.39. The number of hydrogen-bond donors (Lipinski definition) is 0. The Bertz CT molecular complexity index is 232. The van der Waals surface area contributed by atoms with Crippen LogP contribution >= 0.6 is 24.8 Å². The van der Waals surface area contributed by atoms with Gasteiger partial charge >= 0.3 is 0 Å². The summed E-state index contributed by atoms with van der Waals surface area (Å²) < 4.78 is 0. The van der Waals surface area contributed by atoms with Gasteiger partial charge in [0.05, 0.1) is 0 Å². The summed E-state index contributed by atoms with van der Waals surface area (Å²) in [6, 6.07) is 10.7.